The number of hydrogen-bond acceptors (Lipinski definition) is 3. The lowest BCUT2D eigenvalue weighted by Gasteiger charge is -2.13. The van der Waals surface area contributed by atoms with Gasteiger partial charge in [-0.15, -0.1) is 11.3 Å². The van der Waals surface area contributed by atoms with E-state index in [1.54, 1.807) is 6.08 Å². The molecule has 0 unspecified atom stereocenters. The van der Waals surface area contributed by atoms with Crippen LogP contribution in [0.5, 0.6) is 0 Å². The fourth-order valence-electron chi connectivity index (χ4n) is 7.50. The lowest BCUT2D eigenvalue weighted by molar-refractivity contribution is 1.18. The Balaban J connectivity index is 0.000000464. The number of hydrogen-bond donors (Lipinski definition) is 2. The Labute approximate surface area is 306 Å². The Kier molecular flexibility index (Phi) is 7.87. The number of aryl methyl sites for hydroxylation is 1. The second kappa shape index (κ2) is 13.0. The number of benzene rings is 8. The molecule has 0 spiro atoms. The van der Waals surface area contributed by atoms with Crippen LogP contribution in [0.15, 0.2) is 176 Å². The summed E-state index contributed by atoms with van der Waals surface area (Å²) >= 11 is 1.87. The summed E-state index contributed by atoms with van der Waals surface area (Å²) in [6, 6.07) is 59.2. The summed E-state index contributed by atoms with van der Waals surface area (Å²) in [6.45, 7) is 2.08. The van der Waals surface area contributed by atoms with Gasteiger partial charge in [-0.1, -0.05) is 151 Å². The summed E-state index contributed by atoms with van der Waals surface area (Å²) in [6.07, 6.45) is 1.75. The first-order chi connectivity index (χ1) is 25.6. The molecule has 0 radical (unpaired) electrons. The Morgan fingerprint density at radius 1 is 0.577 bits per heavy atom. The second-order valence-electron chi connectivity index (χ2n) is 13.2. The minimum absolute atomic E-state index is 0.390. The lowest BCUT2D eigenvalue weighted by atomic mass is 9.94. The number of para-hydroxylation sites is 1. The second-order valence-corrected chi connectivity index (χ2v) is 14.2. The van der Waals surface area contributed by atoms with E-state index in [9.17, 15) is 0 Å². The zero-order valence-electron chi connectivity index (χ0n) is 28.7. The summed E-state index contributed by atoms with van der Waals surface area (Å²) in [5.74, 6) is 0. The third-order valence-corrected chi connectivity index (χ3v) is 11.1. The molecule has 0 atom stereocenters. The minimum Gasteiger partial charge on any atom is -0.398 e. The van der Waals surface area contributed by atoms with Crippen molar-refractivity contribution in [1.82, 2.24) is 4.57 Å². The molecule has 248 valence electrons. The third-order valence-electron chi connectivity index (χ3n) is 9.90. The van der Waals surface area contributed by atoms with Crippen LogP contribution in [0.4, 0.5) is 0 Å². The molecule has 0 aliphatic rings. The molecule has 2 heterocycles. The van der Waals surface area contributed by atoms with Crippen LogP contribution in [0.1, 0.15) is 16.7 Å². The van der Waals surface area contributed by atoms with Gasteiger partial charge in [-0.2, -0.15) is 0 Å². The van der Waals surface area contributed by atoms with Gasteiger partial charge in [0, 0.05) is 37.6 Å². The maximum absolute atomic E-state index is 8.64. The highest BCUT2D eigenvalue weighted by molar-refractivity contribution is 7.27. The molecule has 10 aromatic rings. The molecule has 0 amide bonds. The van der Waals surface area contributed by atoms with E-state index in [-0.39, 0.29) is 0 Å². The van der Waals surface area contributed by atoms with E-state index in [1.165, 1.54) is 63.6 Å². The van der Waals surface area contributed by atoms with Gasteiger partial charge in [0.1, 0.15) is 0 Å². The lowest BCUT2D eigenvalue weighted by Crippen LogP contribution is -2.03. The quantitative estimate of drug-likeness (QED) is 0.141. The summed E-state index contributed by atoms with van der Waals surface area (Å²) in [7, 11) is 0. The van der Waals surface area contributed by atoms with Crippen molar-refractivity contribution in [2.24, 2.45) is 5.73 Å². The predicted molar refractivity (Wildman–Crippen MR) is 225 cm³/mol. The highest BCUT2D eigenvalue weighted by Gasteiger charge is 2.23. The largest absolute Gasteiger partial charge is 0.398 e. The molecule has 10 rings (SSSR count). The highest BCUT2D eigenvalue weighted by Crippen LogP contribution is 2.49. The number of nitrogens with two attached hydrogens (primary N) is 1. The molecule has 3 N–H and O–H groups in total. The SMILES string of the molecule is Cc1ccccc1.N=C(/C=C(\N)c1cccc(-n2c3ccccc3c3c4ccc5ccccc5c4c4c5ccccc5sc4c32)c1)c1ccccc1. The standard InChI is InChI=1S/C41H27N3S.C7H8/c42-33(26-12-2-1-3-13-26)24-34(43)27-14-10-15-28(23-27)44-35-19-8-6-17-30(35)38-32-22-21-25-11-4-5-16-29(25)37(32)39-31-18-7-9-20-36(31)45-41(39)40(38)44;1-7-5-3-2-4-6-7/h1-24,42H,43H2;2-6H,1H3/b34-24-,42-33?;. The first-order valence-corrected chi connectivity index (χ1v) is 18.3. The van der Waals surface area contributed by atoms with Crippen molar-refractivity contribution in [3.63, 3.8) is 0 Å². The van der Waals surface area contributed by atoms with E-state index in [1.807, 2.05) is 65.9 Å². The number of allylic oxidation sites excluding steroid dienone is 1. The third kappa shape index (κ3) is 5.33. The molecule has 52 heavy (non-hydrogen) atoms. The van der Waals surface area contributed by atoms with E-state index in [0.717, 1.165) is 22.3 Å². The highest BCUT2D eigenvalue weighted by atomic mass is 32.1. The predicted octanol–water partition coefficient (Wildman–Crippen LogP) is 12.8. The summed E-state index contributed by atoms with van der Waals surface area (Å²) in [5.41, 5.74) is 14.1. The molecule has 0 aliphatic carbocycles. The minimum atomic E-state index is 0.390. The van der Waals surface area contributed by atoms with Gasteiger partial charge < -0.3 is 15.7 Å². The van der Waals surface area contributed by atoms with Gasteiger partial charge in [0.05, 0.1) is 21.4 Å². The number of nitrogens with one attached hydrogen (secondary N) is 1. The molecule has 0 saturated heterocycles. The van der Waals surface area contributed by atoms with Crippen LogP contribution in [0.3, 0.4) is 0 Å². The molecular formula is C48H35N3S. The molecule has 0 saturated carbocycles. The van der Waals surface area contributed by atoms with Crippen LogP contribution in [0, 0.1) is 12.3 Å². The van der Waals surface area contributed by atoms with Crippen molar-refractivity contribution in [1.29, 1.82) is 5.41 Å². The number of rotatable bonds is 4. The Hall–Kier alpha value is -6.49. The first kappa shape index (κ1) is 31.5. The van der Waals surface area contributed by atoms with Gasteiger partial charge in [0.15, 0.2) is 0 Å². The van der Waals surface area contributed by atoms with Crippen molar-refractivity contribution in [2.45, 2.75) is 6.92 Å². The van der Waals surface area contributed by atoms with Crippen LogP contribution in [0.25, 0.3) is 74.9 Å². The molecule has 4 heteroatoms. The van der Waals surface area contributed by atoms with Crippen molar-refractivity contribution in [2.75, 3.05) is 0 Å². The number of aromatic nitrogens is 1. The van der Waals surface area contributed by atoms with Crippen molar-refractivity contribution in [3.8, 4) is 5.69 Å². The van der Waals surface area contributed by atoms with Crippen molar-refractivity contribution >= 4 is 86.3 Å². The Morgan fingerprint density at radius 2 is 1.23 bits per heavy atom. The summed E-state index contributed by atoms with van der Waals surface area (Å²) in [4.78, 5) is 0. The van der Waals surface area contributed by atoms with E-state index >= 15 is 0 Å². The van der Waals surface area contributed by atoms with E-state index in [2.05, 4.69) is 127 Å². The molecule has 0 bridgehead atoms. The molecule has 8 aromatic carbocycles. The number of thiophene rings is 1. The maximum Gasteiger partial charge on any atom is 0.0726 e. The van der Waals surface area contributed by atoms with Crippen LogP contribution < -0.4 is 5.73 Å². The van der Waals surface area contributed by atoms with E-state index in [0.29, 0.717) is 11.4 Å². The summed E-state index contributed by atoms with van der Waals surface area (Å²) in [5, 5.41) is 18.8. The molecule has 0 fully saturated rings. The van der Waals surface area contributed by atoms with Crippen LogP contribution in [-0.4, -0.2) is 10.3 Å². The van der Waals surface area contributed by atoms with Crippen LogP contribution in [0.2, 0.25) is 0 Å². The van der Waals surface area contributed by atoms with E-state index < -0.39 is 0 Å². The van der Waals surface area contributed by atoms with Crippen LogP contribution in [-0.2, 0) is 0 Å². The van der Waals surface area contributed by atoms with Gasteiger partial charge in [-0.05, 0) is 69.9 Å². The number of nitrogens with zero attached hydrogens (tertiary/aromatic N) is 1. The smallest absolute Gasteiger partial charge is 0.0726 e. The molecule has 2 aromatic heterocycles. The Bertz CT molecular complexity index is 2990. The van der Waals surface area contributed by atoms with Gasteiger partial charge in [-0.25, -0.2) is 0 Å². The molecule has 3 nitrogen and oxygen atoms in total. The van der Waals surface area contributed by atoms with Gasteiger partial charge in [0.25, 0.3) is 0 Å². The number of fused-ring (bicyclic) bond motifs is 12. The molecule has 0 aliphatic heterocycles. The summed E-state index contributed by atoms with van der Waals surface area (Å²) < 4.78 is 4.98. The van der Waals surface area contributed by atoms with Crippen LogP contribution >= 0.6 is 11.3 Å². The van der Waals surface area contributed by atoms with Gasteiger partial charge in [-0.3, -0.25) is 0 Å². The fraction of sp³-hybridized carbons (Fsp3) is 0.0208. The van der Waals surface area contributed by atoms with Crippen molar-refractivity contribution < 1.29 is 0 Å². The van der Waals surface area contributed by atoms with Gasteiger partial charge >= 0.3 is 0 Å². The maximum atomic E-state index is 8.64. The van der Waals surface area contributed by atoms with Crippen molar-refractivity contribution in [3.05, 3.63) is 193 Å². The Morgan fingerprint density at radius 3 is 2.00 bits per heavy atom. The average molecular weight is 686 g/mol. The fourth-order valence-corrected chi connectivity index (χ4v) is 8.75. The monoisotopic (exact) mass is 685 g/mol. The van der Waals surface area contributed by atoms with Gasteiger partial charge in [0.2, 0.25) is 0 Å². The zero-order chi connectivity index (χ0) is 35.2. The zero-order valence-corrected chi connectivity index (χ0v) is 29.5. The normalized spacial score (nSPS) is 11.8. The van der Waals surface area contributed by atoms with E-state index in [4.69, 9.17) is 11.1 Å². The first-order valence-electron chi connectivity index (χ1n) is 17.5. The average Bonchev–Trinajstić information content (AvgIpc) is 3.75. The topological polar surface area (TPSA) is 54.8 Å². The molecular weight excluding hydrogens is 651 g/mol.